The zero-order valence-electron chi connectivity index (χ0n) is 16.2. The molecule has 28 heavy (non-hydrogen) atoms. The first-order valence-electron chi connectivity index (χ1n) is 9.10. The van der Waals surface area contributed by atoms with Crippen molar-refractivity contribution in [2.75, 3.05) is 25.5 Å². The lowest BCUT2D eigenvalue weighted by atomic mass is 10.0. The fourth-order valence-electron chi connectivity index (χ4n) is 3.00. The van der Waals surface area contributed by atoms with Crippen LogP contribution in [0.2, 0.25) is 0 Å². The van der Waals surface area contributed by atoms with Gasteiger partial charge in [0.25, 0.3) is 0 Å². The highest BCUT2D eigenvalue weighted by molar-refractivity contribution is 5.91. The van der Waals surface area contributed by atoms with E-state index in [1.807, 2.05) is 25.1 Å². The van der Waals surface area contributed by atoms with Crippen molar-refractivity contribution < 1.29 is 14.1 Å². The fourth-order valence-corrected chi connectivity index (χ4v) is 3.00. The molecule has 7 nitrogen and oxygen atoms in total. The second kappa shape index (κ2) is 8.67. The van der Waals surface area contributed by atoms with Crippen molar-refractivity contribution in [2.45, 2.75) is 19.9 Å². The van der Waals surface area contributed by atoms with Crippen LogP contribution in [0.25, 0.3) is 10.8 Å². The predicted molar refractivity (Wildman–Crippen MR) is 108 cm³/mol. The number of nitrogens with one attached hydrogen (secondary N) is 2. The SMILES string of the molecule is Cc1cc(NC(=O)CN(C)CC(=O)NC(C)c2ccc3ccccc3c2)no1. The summed E-state index contributed by atoms with van der Waals surface area (Å²) in [4.78, 5) is 26.0. The average molecular weight is 380 g/mol. The number of amides is 2. The Morgan fingerprint density at radius 1 is 1.07 bits per heavy atom. The Bertz CT molecular complexity index is 982. The third kappa shape index (κ3) is 5.17. The minimum absolute atomic E-state index is 0.0731. The highest BCUT2D eigenvalue weighted by Crippen LogP contribution is 2.20. The van der Waals surface area contributed by atoms with Crippen LogP contribution in [0.5, 0.6) is 0 Å². The maximum absolute atomic E-state index is 12.3. The van der Waals surface area contributed by atoms with Crippen LogP contribution in [0.3, 0.4) is 0 Å². The van der Waals surface area contributed by atoms with E-state index in [4.69, 9.17) is 4.52 Å². The van der Waals surface area contributed by atoms with Crippen molar-refractivity contribution in [3.8, 4) is 0 Å². The summed E-state index contributed by atoms with van der Waals surface area (Å²) in [5.74, 6) is 0.579. The molecular weight excluding hydrogens is 356 g/mol. The number of hydrogen-bond acceptors (Lipinski definition) is 5. The predicted octanol–water partition coefficient (Wildman–Crippen LogP) is 2.88. The molecule has 0 saturated heterocycles. The van der Waals surface area contributed by atoms with E-state index in [0.717, 1.165) is 16.3 Å². The molecule has 0 aliphatic heterocycles. The Labute approximate surface area is 163 Å². The van der Waals surface area contributed by atoms with Crippen molar-refractivity contribution >= 4 is 28.4 Å². The lowest BCUT2D eigenvalue weighted by molar-refractivity contribution is -0.123. The van der Waals surface area contributed by atoms with Crippen LogP contribution in [-0.4, -0.2) is 42.0 Å². The van der Waals surface area contributed by atoms with Gasteiger partial charge in [0.2, 0.25) is 11.8 Å². The molecule has 2 amide bonds. The molecule has 1 aromatic heterocycles. The molecular formula is C21H24N4O3. The van der Waals surface area contributed by atoms with Gasteiger partial charge in [0.15, 0.2) is 5.82 Å². The standard InChI is InChI=1S/C21H24N4O3/c1-14-10-19(24-28-14)23-21(27)13-25(3)12-20(26)22-15(2)17-9-8-16-6-4-5-7-18(16)11-17/h4-11,15H,12-13H2,1-3H3,(H,22,26)(H,23,24,27). The molecule has 0 spiro atoms. The number of anilines is 1. The highest BCUT2D eigenvalue weighted by atomic mass is 16.5. The fraction of sp³-hybridized carbons (Fsp3) is 0.286. The molecule has 0 fully saturated rings. The topological polar surface area (TPSA) is 87.5 Å². The van der Waals surface area contributed by atoms with Crippen molar-refractivity contribution in [1.29, 1.82) is 0 Å². The van der Waals surface area contributed by atoms with Gasteiger partial charge in [0, 0.05) is 6.07 Å². The number of carbonyl (C=O) groups excluding carboxylic acids is 2. The van der Waals surface area contributed by atoms with E-state index in [9.17, 15) is 9.59 Å². The van der Waals surface area contributed by atoms with Crippen LogP contribution in [0.1, 0.15) is 24.3 Å². The van der Waals surface area contributed by atoms with Crippen LogP contribution in [0, 0.1) is 6.92 Å². The summed E-state index contributed by atoms with van der Waals surface area (Å²) in [5, 5.41) is 11.6. The Hall–Kier alpha value is -3.19. The zero-order valence-corrected chi connectivity index (χ0v) is 16.2. The Morgan fingerprint density at radius 2 is 1.79 bits per heavy atom. The summed E-state index contributed by atoms with van der Waals surface area (Å²) in [6.07, 6.45) is 0. The molecule has 2 N–H and O–H groups in total. The molecule has 3 rings (SSSR count). The van der Waals surface area contributed by atoms with Crippen LogP contribution in [0.15, 0.2) is 53.1 Å². The van der Waals surface area contributed by atoms with Crippen molar-refractivity contribution in [3.05, 3.63) is 59.9 Å². The van der Waals surface area contributed by atoms with E-state index in [-0.39, 0.29) is 30.9 Å². The van der Waals surface area contributed by atoms with E-state index in [1.165, 1.54) is 0 Å². The van der Waals surface area contributed by atoms with Gasteiger partial charge in [-0.1, -0.05) is 41.6 Å². The lowest BCUT2D eigenvalue weighted by Crippen LogP contribution is -2.39. The Balaban J connectivity index is 1.49. The van der Waals surface area contributed by atoms with Gasteiger partial charge >= 0.3 is 0 Å². The maximum atomic E-state index is 12.3. The third-order valence-corrected chi connectivity index (χ3v) is 4.37. The molecule has 0 radical (unpaired) electrons. The molecule has 1 unspecified atom stereocenters. The number of rotatable bonds is 7. The summed E-state index contributed by atoms with van der Waals surface area (Å²) in [6.45, 7) is 3.88. The summed E-state index contributed by atoms with van der Waals surface area (Å²) >= 11 is 0. The molecule has 0 aliphatic carbocycles. The number of likely N-dealkylation sites (N-methyl/N-ethyl adjacent to an activating group) is 1. The van der Waals surface area contributed by atoms with Crippen LogP contribution in [-0.2, 0) is 9.59 Å². The largest absolute Gasteiger partial charge is 0.360 e. The van der Waals surface area contributed by atoms with E-state index in [1.54, 1.807) is 24.9 Å². The van der Waals surface area contributed by atoms with Crippen molar-refractivity contribution in [1.82, 2.24) is 15.4 Å². The monoisotopic (exact) mass is 380 g/mol. The Morgan fingerprint density at radius 3 is 2.50 bits per heavy atom. The average Bonchev–Trinajstić information content (AvgIpc) is 3.05. The van der Waals surface area contributed by atoms with Crippen LogP contribution >= 0.6 is 0 Å². The minimum Gasteiger partial charge on any atom is -0.360 e. The second-order valence-electron chi connectivity index (χ2n) is 6.94. The second-order valence-corrected chi connectivity index (χ2v) is 6.94. The number of nitrogens with zero attached hydrogens (tertiary/aromatic N) is 2. The van der Waals surface area contributed by atoms with Crippen molar-refractivity contribution in [2.24, 2.45) is 0 Å². The van der Waals surface area contributed by atoms with Crippen LogP contribution < -0.4 is 10.6 Å². The molecule has 1 atom stereocenters. The maximum Gasteiger partial charge on any atom is 0.239 e. The highest BCUT2D eigenvalue weighted by Gasteiger charge is 2.15. The van der Waals surface area contributed by atoms with Gasteiger partial charge < -0.3 is 15.2 Å². The van der Waals surface area contributed by atoms with Crippen molar-refractivity contribution in [3.63, 3.8) is 0 Å². The summed E-state index contributed by atoms with van der Waals surface area (Å²) in [6, 6.07) is 15.8. The van der Waals surface area contributed by atoms with Gasteiger partial charge in [-0.05, 0) is 43.3 Å². The molecule has 7 heteroatoms. The minimum atomic E-state index is -0.258. The summed E-state index contributed by atoms with van der Waals surface area (Å²) in [7, 11) is 1.72. The van der Waals surface area contributed by atoms with Gasteiger partial charge in [0.05, 0.1) is 19.1 Å². The first kappa shape index (κ1) is 19.6. The van der Waals surface area contributed by atoms with E-state index >= 15 is 0 Å². The zero-order chi connectivity index (χ0) is 20.1. The number of fused-ring (bicyclic) bond motifs is 1. The molecule has 0 saturated carbocycles. The molecule has 1 heterocycles. The van der Waals surface area contributed by atoms with E-state index in [2.05, 4.69) is 40.1 Å². The van der Waals surface area contributed by atoms with Gasteiger partial charge in [-0.25, -0.2) is 0 Å². The quantitative estimate of drug-likeness (QED) is 0.658. The number of aryl methyl sites for hydroxylation is 1. The summed E-state index contributed by atoms with van der Waals surface area (Å²) < 4.78 is 4.91. The number of carbonyl (C=O) groups is 2. The number of benzene rings is 2. The van der Waals surface area contributed by atoms with Gasteiger partial charge in [-0.3, -0.25) is 14.5 Å². The molecule has 2 aromatic carbocycles. The number of aromatic nitrogens is 1. The van der Waals surface area contributed by atoms with Gasteiger partial charge in [-0.15, -0.1) is 0 Å². The molecule has 0 bridgehead atoms. The van der Waals surface area contributed by atoms with Gasteiger partial charge in [0.1, 0.15) is 5.76 Å². The first-order chi connectivity index (χ1) is 13.4. The Kier molecular flexibility index (Phi) is 6.06. The smallest absolute Gasteiger partial charge is 0.239 e. The molecule has 146 valence electrons. The van der Waals surface area contributed by atoms with Gasteiger partial charge in [-0.2, -0.15) is 0 Å². The number of hydrogen-bond donors (Lipinski definition) is 2. The first-order valence-corrected chi connectivity index (χ1v) is 9.10. The summed E-state index contributed by atoms with van der Waals surface area (Å²) in [5.41, 5.74) is 1.04. The molecule has 3 aromatic rings. The normalized spacial score (nSPS) is 12.1. The van der Waals surface area contributed by atoms with E-state index < -0.39 is 0 Å². The van der Waals surface area contributed by atoms with E-state index in [0.29, 0.717) is 11.6 Å². The third-order valence-electron chi connectivity index (χ3n) is 4.37. The molecule has 0 aliphatic rings. The lowest BCUT2D eigenvalue weighted by Gasteiger charge is -2.19. The van der Waals surface area contributed by atoms with Crippen LogP contribution in [0.4, 0.5) is 5.82 Å².